The van der Waals surface area contributed by atoms with Crippen LogP contribution < -0.4 is 22.9 Å². The van der Waals surface area contributed by atoms with Crippen LogP contribution in [0.15, 0.2) is 62.9 Å². The lowest BCUT2D eigenvalue weighted by Crippen LogP contribution is -2.56. The van der Waals surface area contributed by atoms with Gasteiger partial charge in [-0.2, -0.15) is 4.68 Å². The number of rotatable bonds is 2. The predicted molar refractivity (Wildman–Crippen MR) is 92.1 cm³/mol. The third-order valence-corrected chi connectivity index (χ3v) is 3.85. The average molecular weight is 365 g/mol. The van der Waals surface area contributed by atoms with Crippen molar-refractivity contribution in [3.05, 3.63) is 90.0 Å². The van der Waals surface area contributed by atoms with Gasteiger partial charge in [-0.1, -0.05) is 23.2 Å². The van der Waals surface area contributed by atoms with Crippen molar-refractivity contribution in [3.63, 3.8) is 0 Å². The largest absolute Gasteiger partial charge is 0.359 e. The van der Waals surface area contributed by atoms with Gasteiger partial charge in [0, 0.05) is 10.0 Å². The maximum atomic E-state index is 12.7. The summed E-state index contributed by atoms with van der Waals surface area (Å²) in [5.74, 6) is 5.55. The molecule has 2 N–H and O–H groups in total. The van der Waals surface area contributed by atoms with Crippen LogP contribution >= 0.6 is 23.2 Å². The normalized spacial score (nSPS) is 10.8. The number of nitrogens with two attached hydrogens (primary N) is 1. The van der Waals surface area contributed by atoms with Crippen molar-refractivity contribution >= 4 is 23.2 Å². The monoisotopic (exact) mass is 364 g/mol. The lowest BCUT2D eigenvalue weighted by molar-refractivity contribution is 0.641. The third kappa shape index (κ3) is 2.64. The number of hydrogen-bond acceptors (Lipinski definition) is 4. The van der Waals surface area contributed by atoms with E-state index < -0.39 is 17.1 Å². The molecule has 7 nitrogen and oxygen atoms in total. The zero-order valence-corrected chi connectivity index (χ0v) is 13.5. The standard InChI is InChI=1S/C15H10Cl2N4O3/c16-9-1-5-11(6-2-9)19-13(22)20(15(24)21(18)14(19)23)12-7-3-10(17)4-8-12/h1-8H,18H2. The Morgan fingerprint density at radius 3 is 1.29 bits per heavy atom. The van der Waals surface area contributed by atoms with Crippen LogP contribution in [0.25, 0.3) is 11.4 Å². The highest BCUT2D eigenvalue weighted by Gasteiger charge is 2.16. The van der Waals surface area contributed by atoms with Crippen molar-refractivity contribution in [2.45, 2.75) is 0 Å². The molecule has 3 rings (SSSR count). The molecule has 0 unspecified atom stereocenters. The zero-order chi connectivity index (χ0) is 17.4. The van der Waals surface area contributed by atoms with Crippen molar-refractivity contribution in [1.29, 1.82) is 0 Å². The van der Waals surface area contributed by atoms with Crippen LogP contribution in [0.2, 0.25) is 10.0 Å². The Balaban J connectivity index is 2.38. The molecule has 0 saturated heterocycles. The van der Waals surface area contributed by atoms with E-state index in [9.17, 15) is 14.4 Å². The molecule has 0 bridgehead atoms. The van der Waals surface area contributed by atoms with Gasteiger partial charge in [0.05, 0.1) is 11.4 Å². The fourth-order valence-corrected chi connectivity index (χ4v) is 2.43. The molecule has 2 aromatic carbocycles. The first-order valence-corrected chi connectivity index (χ1v) is 7.44. The fraction of sp³-hybridized carbons (Fsp3) is 0. The second-order valence-electron chi connectivity index (χ2n) is 4.84. The van der Waals surface area contributed by atoms with Gasteiger partial charge >= 0.3 is 17.1 Å². The molecule has 3 aromatic rings. The first kappa shape index (κ1) is 16.1. The second-order valence-corrected chi connectivity index (χ2v) is 5.71. The molecular weight excluding hydrogens is 355 g/mol. The van der Waals surface area contributed by atoms with E-state index in [1.165, 1.54) is 48.5 Å². The number of hydrogen-bond donors (Lipinski definition) is 1. The highest BCUT2D eigenvalue weighted by atomic mass is 35.5. The minimum Gasteiger partial charge on any atom is -0.331 e. The highest BCUT2D eigenvalue weighted by Crippen LogP contribution is 2.12. The van der Waals surface area contributed by atoms with Crippen LogP contribution in [0, 0.1) is 0 Å². The summed E-state index contributed by atoms with van der Waals surface area (Å²) in [6.45, 7) is 0. The molecule has 0 aliphatic heterocycles. The van der Waals surface area contributed by atoms with E-state index in [1.54, 1.807) is 0 Å². The first-order chi connectivity index (χ1) is 11.4. The Labute approximate surface area is 144 Å². The van der Waals surface area contributed by atoms with Gasteiger partial charge < -0.3 is 5.84 Å². The van der Waals surface area contributed by atoms with Crippen molar-refractivity contribution in [2.75, 3.05) is 5.84 Å². The lowest BCUT2D eigenvalue weighted by Gasteiger charge is -2.11. The van der Waals surface area contributed by atoms with Gasteiger partial charge in [-0.15, -0.1) is 0 Å². The molecule has 0 saturated carbocycles. The van der Waals surface area contributed by atoms with Crippen LogP contribution in [0.5, 0.6) is 0 Å². The Morgan fingerprint density at radius 1 is 0.625 bits per heavy atom. The van der Waals surface area contributed by atoms with Gasteiger partial charge in [0.1, 0.15) is 0 Å². The molecule has 0 radical (unpaired) electrons. The van der Waals surface area contributed by atoms with Gasteiger partial charge in [-0.05, 0) is 48.5 Å². The fourth-order valence-electron chi connectivity index (χ4n) is 2.18. The van der Waals surface area contributed by atoms with Gasteiger partial charge in [0.25, 0.3) is 0 Å². The molecule has 0 spiro atoms. The van der Waals surface area contributed by atoms with Crippen molar-refractivity contribution in [3.8, 4) is 11.4 Å². The highest BCUT2D eigenvalue weighted by molar-refractivity contribution is 6.30. The maximum absolute atomic E-state index is 12.7. The third-order valence-electron chi connectivity index (χ3n) is 3.35. The smallest absolute Gasteiger partial charge is 0.331 e. The van der Waals surface area contributed by atoms with Crippen LogP contribution in [0.1, 0.15) is 0 Å². The summed E-state index contributed by atoms with van der Waals surface area (Å²) in [5, 5.41) is 0.872. The SMILES string of the molecule is Nn1c(=O)n(-c2ccc(Cl)cc2)c(=O)n(-c2ccc(Cl)cc2)c1=O. The molecule has 0 fully saturated rings. The van der Waals surface area contributed by atoms with E-state index in [1.807, 2.05) is 0 Å². The molecule has 1 aromatic heterocycles. The van der Waals surface area contributed by atoms with E-state index in [0.29, 0.717) is 14.7 Å². The number of halogens is 2. The summed E-state index contributed by atoms with van der Waals surface area (Å²) in [6, 6.07) is 12.0. The first-order valence-electron chi connectivity index (χ1n) is 6.68. The number of benzene rings is 2. The summed E-state index contributed by atoms with van der Waals surface area (Å²) in [6.07, 6.45) is 0. The van der Waals surface area contributed by atoms with Gasteiger partial charge in [-0.25, -0.2) is 23.5 Å². The van der Waals surface area contributed by atoms with E-state index in [0.717, 1.165) is 9.13 Å². The van der Waals surface area contributed by atoms with Crippen molar-refractivity contribution in [1.82, 2.24) is 13.8 Å². The summed E-state index contributed by atoms with van der Waals surface area (Å²) in [4.78, 5) is 37.3. The Morgan fingerprint density at radius 2 is 0.958 bits per heavy atom. The van der Waals surface area contributed by atoms with Gasteiger partial charge in [0.15, 0.2) is 0 Å². The molecule has 9 heteroatoms. The number of nitrogen functional groups attached to an aromatic ring is 1. The number of nitrogens with zero attached hydrogens (tertiary/aromatic N) is 3. The molecule has 0 aliphatic rings. The zero-order valence-electron chi connectivity index (χ0n) is 12.0. The Kier molecular flexibility index (Phi) is 4.04. The summed E-state index contributed by atoms with van der Waals surface area (Å²) in [7, 11) is 0. The maximum Gasteiger partial charge on any atom is 0.359 e. The topological polar surface area (TPSA) is 92.0 Å². The van der Waals surface area contributed by atoms with E-state index in [-0.39, 0.29) is 11.4 Å². The van der Waals surface area contributed by atoms with E-state index in [4.69, 9.17) is 29.0 Å². The second kappa shape index (κ2) is 6.03. The van der Waals surface area contributed by atoms with Crippen molar-refractivity contribution in [2.24, 2.45) is 0 Å². The average Bonchev–Trinajstić information content (AvgIpc) is 2.56. The lowest BCUT2D eigenvalue weighted by atomic mass is 10.3. The molecule has 0 atom stereocenters. The molecule has 0 aliphatic carbocycles. The quantitative estimate of drug-likeness (QED) is 0.690. The molecular formula is C15H10Cl2N4O3. The van der Waals surface area contributed by atoms with Crippen LogP contribution in [-0.4, -0.2) is 13.8 Å². The van der Waals surface area contributed by atoms with Crippen LogP contribution in [0.4, 0.5) is 0 Å². The summed E-state index contributed by atoms with van der Waals surface area (Å²) >= 11 is 11.6. The van der Waals surface area contributed by atoms with Crippen LogP contribution in [0.3, 0.4) is 0 Å². The Hall–Kier alpha value is -2.77. The minimum atomic E-state index is -0.961. The van der Waals surface area contributed by atoms with Crippen LogP contribution in [-0.2, 0) is 0 Å². The minimum absolute atomic E-state index is 0.233. The molecule has 0 amide bonds. The van der Waals surface area contributed by atoms with Gasteiger partial charge in [-0.3, -0.25) is 0 Å². The van der Waals surface area contributed by atoms with Crippen molar-refractivity contribution < 1.29 is 0 Å². The summed E-state index contributed by atoms with van der Waals surface area (Å²) < 4.78 is 1.93. The summed E-state index contributed by atoms with van der Waals surface area (Å²) in [5.41, 5.74) is -2.31. The Bertz CT molecular complexity index is 996. The molecule has 1 heterocycles. The van der Waals surface area contributed by atoms with E-state index >= 15 is 0 Å². The number of aromatic nitrogens is 3. The van der Waals surface area contributed by atoms with Gasteiger partial charge in [0.2, 0.25) is 0 Å². The van der Waals surface area contributed by atoms with E-state index in [2.05, 4.69) is 0 Å². The molecule has 24 heavy (non-hydrogen) atoms. The molecule has 122 valence electrons. The predicted octanol–water partition coefficient (Wildman–Crippen LogP) is 1.17.